The van der Waals surface area contributed by atoms with Crippen LogP contribution in [0.5, 0.6) is 0 Å². The van der Waals surface area contributed by atoms with E-state index in [1.807, 2.05) is 0 Å². The molecule has 0 saturated heterocycles. The van der Waals surface area contributed by atoms with Gasteiger partial charge in [-0.05, 0) is 32.3 Å². The van der Waals surface area contributed by atoms with Crippen molar-refractivity contribution in [2.75, 3.05) is 0 Å². The van der Waals surface area contributed by atoms with E-state index in [9.17, 15) is 31.7 Å². The molecule has 1 aliphatic carbocycles. The molecule has 1 aromatic rings. The van der Waals surface area contributed by atoms with Gasteiger partial charge < -0.3 is 0 Å². The van der Waals surface area contributed by atoms with Crippen molar-refractivity contribution in [3.63, 3.8) is 0 Å². The molecule has 2 atom stereocenters. The summed E-state index contributed by atoms with van der Waals surface area (Å²) in [5.74, 6) is -1.54. The molecule has 0 aliphatic heterocycles. The quantitative estimate of drug-likeness (QED) is 0.654. The van der Waals surface area contributed by atoms with E-state index in [2.05, 4.69) is 4.72 Å². The molecular weight excluding hydrogens is 349 g/mol. The topological polar surface area (TPSA) is 89.3 Å². The molecule has 10 heteroatoms. The molecular formula is C14H17F3N2O4S. The van der Waals surface area contributed by atoms with Gasteiger partial charge in [-0.2, -0.15) is 13.2 Å². The van der Waals surface area contributed by atoms with E-state index in [1.165, 1.54) is 25.1 Å². The van der Waals surface area contributed by atoms with Crippen LogP contribution in [0.1, 0.15) is 31.2 Å². The number of hydrogen-bond acceptors (Lipinski definition) is 4. The Morgan fingerprint density at radius 2 is 1.96 bits per heavy atom. The van der Waals surface area contributed by atoms with E-state index in [4.69, 9.17) is 0 Å². The van der Waals surface area contributed by atoms with Gasteiger partial charge in [-0.25, -0.2) is 13.1 Å². The Balaban J connectivity index is 2.23. The summed E-state index contributed by atoms with van der Waals surface area (Å²) < 4.78 is 65.6. The lowest BCUT2D eigenvalue weighted by Gasteiger charge is -2.30. The van der Waals surface area contributed by atoms with Crippen LogP contribution in [-0.4, -0.2) is 25.6 Å². The summed E-state index contributed by atoms with van der Waals surface area (Å²) in [5, 5.41) is 10.9. The second-order valence-corrected chi connectivity index (χ2v) is 7.56. The van der Waals surface area contributed by atoms with Gasteiger partial charge in [0.2, 0.25) is 10.0 Å². The van der Waals surface area contributed by atoms with Crippen LogP contribution in [0.25, 0.3) is 0 Å². The number of nitrogens with zero attached hydrogens (tertiary/aromatic N) is 1. The van der Waals surface area contributed by atoms with Gasteiger partial charge in [-0.15, -0.1) is 0 Å². The minimum atomic E-state index is -4.36. The Labute approximate surface area is 137 Å². The van der Waals surface area contributed by atoms with E-state index in [0.29, 0.717) is 6.42 Å². The lowest BCUT2D eigenvalue weighted by atomic mass is 9.86. The van der Waals surface area contributed by atoms with Crippen LogP contribution in [-0.2, 0) is 10.0 Å². The molecule has 2 unspecified atom stereocenters. The molecule has 1 fully saturated rings. The fraction of sp³-hybridized carbons (Fsp3) is 0.571. The molecule has 2 rings (SSSR count). The van der Waals surface area contributed by atoms with Gasteiger partial charge in [0.25, 0.3) is 5.69 Å². The first-order chi connectivity index (χ1) is 11.0. The summed E-state index contributed by atoms with van der Waals surface area (Å²) in [6, 6.07) is 2.77. The van der Waals surface area contributed by atoms with E-state index < -0.39 is 33.1 Å². The molecule has 1 N–H and O–H groups in total. The van der Waals surface area contributed by atoms with Crippen LogP contribution in [0.2, 0.25) is 0 Å². The Bertz CT molecular complexity index is 734. The number of rotatable bonds is 4. The van der Waals surface area contributed by atoms with E-state index in [-0.39, 0.29) is 35.4 Å². The van der Waals surface area contributed by atoms with Gasteiger partial charge in [0.15, 0.2) is 0 Å². The molecule has 0 spiro atoms. The summed E-state index contributed by atoms with van der Waals surface area (Å²) in [4.78, 5) is 9.92. The Hall–Kier alpha value is -1.68. The van der Waals surface area contributed by atoms with Crippen molar-refractivity contribution < 1.29 is 26.5 Å². The normalized spacial score (nSPS) is 22.3. The van der Waals surface area contributed by atoms with E-state index >= 15 is 0 Å². The Kier molecular flexibility index (Phi) is 5.19. The SMILES string of the molecule is Cc1c([N+](=O)[O-])cccc1S(=O)(=O)NC1CCCC(C(F)(F)F)C1. The molecule has 1 aliphatic rings. The summed E-state index contributed by atoms with van der Waals surface area (Å²) in [6.45, 7) is 1.30. The zero-order chi connectivity index (χ0) is 18.1. The van der Waals surface area contributed by atoms with Crippen LogP contribution in [0.4, 0.5) is 18.9 Å². The van der Waals surface area contributed by atoms with E-state index in [1.54, 1.807) is 0 Å². The maximum Gasteiger partial charge on any atom is 0.391 e. The summed E-state index contributed by atoms with van der Waals surface area (Å²) in [7, 11) is -4.14. The molecule has 0 bridgehead atoms. The Morgan fingerprint density at radius 3 is 2.54 bits per heavy atom. The summed E-state index contributed by atoms with van der Waals surface area (Å²) in [5.41, 5.74) is -0.395. The summed E-state index contributed by atoms with van der Waals surface area (Å²) >= 11 is 0. The lowest BCUT2D eigenvalue weighted by Crippen LogP contribution is -2.41. The summed E-state index contributed by atoms with van der Waals surface area (Å²) in [6.07, 6.45) is -4.12. The molecule has 0 aromatic heterocycles. The van der Waals surface area contributed by atoms with Crippen LogP contribution in [0.15, 0.2) is 23.1 Å². The van der Waals surface area contributed by atoms with Crippen LogP contribution < -0.4 is 4.72 Å². The molecule has 134 valence electrons. The fourth-order valence-electron chi connectivity index (χ4n) is 2.97. The van der Waals surface area contributed by atoms with Gasteiger partial charge in [-0.3, -0.25) is 10.1 Å². The number of hydrogen-bond donors (Lipinski definition) is 1. The number of sulfonamides is 1. The third-order valence-corrected chi connectivity index (χ3v) is 5.87. The van der Waals surface area contributed by atoms with Crippen molar-refractivity contribution in [1.29, 1.82) is 0 Å². The fourth-order valence-corrected chi connectivity index (χ4v) is 4.51. The number of alkyl halides is 3. The largest absolute Gasteiger partial charge is 0.391 e. The first-order valence-corrected chi connectivity index (χ1v) is 8.83. The van der Waals surface area contributed by atoms with Crippen molar-refractivity contribution in [3.05, 3.63) is 33.9 Å². The number of nitro benzene ring substituents is 1. The second-order valence-electron chi connectivity index (χ2n) is 5.88. The average Bonchev–Trinajstić information content (AvgIpc) is 2.45. The zero-order valence-electron chi connectivity index (χ0n) is 12.8. The minimum absolute atomic E-state index is 0.0163. The van der Waals surface area contributed by atoms with Crippen molar-refractivity contribution in [1.82, 2.24) is 4.72 Å². The number of nitro groups is 1. The molecule has 24 heavy (non-hydrogen) atoms. The molecule has 1 saturated carbocycles. The molecule has 6 nitrogen and oxygen atoms in total. The predicted octanol–water partition coefficient (Wildman–Crippen LogP) is 3.30. The van der Waals surface area contributed by atoms with Crippen molar-refractivity contribution in [3.8, 4) is 0 Å². The molecule has 0 heterocycles. The van der Waals surface area contributed by atoms with Gasteiger partial charge in [0.1, 0.15) is 0 Å². The third kappa shape index (κ3) is 4.04. The molecule has 0 amide bonds. The van der Waals surface area contributed by atoms with Gasteiger partial charge in [0, 0.05) is 17.7 Å². The second kappa shape index (κ2) is 6.67. The highest BCUT2D eigenvalue weighted by atomic mass is 32.2. The standard InChI is InChI=1S/C14H17F3N2O4S/c1-9-12(19(20)21)6-3-7-13(9)24(22,23)18-11-5-2-4-10(8-11)14(15,16)17/h3,6-7,10-11,18H,2,4-5,8H2,1H3. The number of nitrogens with one attached hydrogen (secondary N) is 1. The first-order valence-electron chi connectivity index (χ1n) is 7.35. The average molecular weight is 366 g/mol. The van der Waals surface area contributed by atoms with Crippen LogP contribution >= 0.6 is 0 Å². The Morgan fingerprint density at radius 1 is 1.29 bits per heavy atom. The van der Waals surface area contributed by atoms with Crippen LogP contribution in [0.3, 0.4) is 0 Å². The monoisotopic (exact) mass is 366 g/mol. The maximum atomic E-state index is 12.8. The first kappa shape index (κ1) is 18.7. The maximum absolute atomic E-state index is 12.8. The lowest BCUT2D eigenvalue weighted by molar-refractivity contribution is -0.385. The van der Waals surface area contributed by atoms with E-state index in [0.717, 1.165) is 0 Å². The highest BCUT2D eigenvalue weighted by Crippen LogP contribution is 2.38. The van der Waals surface area contributed by atoms with Gasteiger partial charge in [-0.1, -0.05) is 12.5 Å². The van der Waals surface area contributed by atoms with Crippen LogP contribution in [0, 0.1) is 23.0 Å². The highest BCUT2D eigenvalue weighted by molar-refractivity contribution is 7.89. The van der Waals surface area contributed by atoms with Gasteiger partial charge in [0.05, 0.1) is 15.7 Å². The minimum Gasteiger partial charge on any atom is -0.258 e. The smallest absolute Gasteiger partial charge is 0.258 e. The molecule has 0 radical (unpaired) electrons. The third-order valence-electron chi connectivity index (χ3n) is 4.20. The molecule has 1 aromatic carbocycles. The highest BCUT2D eigenvalue weighted by Gasteiger charge is 2.43. The number of benzene rings is 1. The predicted molar refractivity (Wildman–Crippen MR) is 80.0 cm³/mol. The van der Waals surface area contributed by atoms with Crippen molar-refractivity contribution >= 4 is 15.7 Å². The number of halogens is 3. The van der Waals surface area contributed by atoms with Crippen molar-refractivity contribution in [2.24, 2.45) is 5.92 Å². The van der Waals surface area contributed by atoms with Crippen molar-refractivity contribution in [2.45, 2.75) is 49.7 Å². The zero-order valence-corrected chi connectivity index (χ0v) is 13.7. The van der Waals surface area contributed by atoms with Gasteiger partial charge >= 0.3 is 6.18 Å².